The van der Waals surface area contributed by atoms with Gasteiger partial charge in [-0.15, -0.1) is 0 Å². The van der Waals surface area contributed by atoms with Gasteiger partial charge in [-0.3, -0.25) is 0 Å². The lowest BCUT2D eigenvalue weighted by Gasteiger charge is -2.23. The second-order valence-corrected chi connectivity index (χ2v) is 6.32. The third-order valence-electron chi connectivity index (χ3n) is 3.55. The molecule has 3 nitrogen and oxygen atoms in total. The lowest BCUT2D eigenvalue weighted by molar-refractivity contribution is 0.187. The van der Waals surface area contributed by atoms with Crippen LogP contribution in [0.5, 0.6) is 5.75 Å². The first-order valence-electron chi connectivity index (χ1n) is 7.62. The number of hydrogen-bond donors (Lipinski definition) is 2. The van der Waals surface area contributed by atoms with Gasteiger partial charge in [0.05, 0.1) is 6.61 Å². The summed E-state index contributed by atoms with van der Waals surface area (Å²) in [6.45, 7) is 7.42. The van der Waals surface area contributed by atoms with Gasteiger partial charge in [0, 0.05) is 12.1 Å². The van der Waals surface area contributed by atoms with Crippen molar-refractivity contribution in [2.24, 2.45) is 0 Å². The Labute approximate surface area is 133 Å². The third kappa shape index (κ3) is 5.17. The molecule has 0 aromatic heterocycles. The molecule has 22 heavy (non-hydrogen) atoms. The Morgan fingerprint density at radius 3 is 2.50 bits per heavy atom. The number of nitrogens with one attached hydrogen (secondary N) is 1. The van der Waals surface area contributed by atoms with Crippen LogP contribution in [0.25, 0.3) is 0 Å². The summed E-state index contributed by atoms with van der Waals surface area (Å²) in [5.41, 5.74) is 3.27. The number of aliphatic hydroxyl groups is 1. The van der Waals surface area contributed by atoms with E-state index in [1.165, 1.54) is 11.1 Å². The molecule has 0 bridgehead atoms. The molecule has 0 aliphatic heterocycles. The molecule has 0 spiro atoms. The first-order chi connectivity index (χ1) is 10.5. The van der Waals surface area contributed by atoms with Gasteiger partial charge in [0.25, 0.3) is 0 Å². The molecule has 0 atom stereocenters. The SMILES string of the molecule is Cc1cccc(COc2cccc(CNC(C)(C)CO)c2)c1. The molecular weight excluding hydrogens is 274 g/mol. The molecule has 2 aromatic rings. The van der Waals surface area contributed by atoms with Crippen molar-refractivity contribution in [2.45, 2.75) is 39.5 Å². The summed E-state index contributed by atoms with van der Waals surface area (Å²) in [5, 5.41) is 12.6. The van der Waals surface area contributed by atoms with Gasteiger partial charge in [-0.1, -0.05) is 42.0 Å². The van der Waals surface area contributed by atoms with E-state index in [4.69, 9.17) is 4.74 Å². The highest BCUT2D eigenvalue weighted by Gasteiger charge is 2.14. The first-order valence-corrected chi connectivity index (χ1v) is 7.62. The maximum atomic E-state index is 9.27. The molecule has 0 radical (unpaired) electrons. The molecule has 0 saturated heterocycles. The van der Waals surface area contributed by atoms with Crippen molar-refractivity contribution < 1.29 is 9.84 Å². The third-order valence-corrected chi connectivity index (χ3v) is 3.55. The van der Waals surface area contributed by atoms with Crippen molar-refractivity contribution in [3.05, 3.63) is 65.2 Å². The predicted molar refractivity (Wildman–Crippen MR) is 90.0 cm³/mol. The number of benzene rings is 2. The van der Waals surface area contributed by atoms with Gasteiger partial charge in [-0.05, 0) is 44.0 Å². The number of aliphatic hydroxyl groups excluding tert-OH is 1. The fourth-order valence-corrected chi connectivity index (χ4v) is 2.11. The molecule has 3 heteroatoms. The lowest BCUT2D eigenvalue weighted by atomic mass is 10.1. The summed E-state index contributed by atoms with van der Waals surface area (Å²) in [6.07, 6.45) is 0. The molecule has 0 aliphatic rings. The second-order valence-electron chi connectivity index (χ2n) is 6.32. The number of ether oxygens (including phenoxy) is 1. The zero-order valence-corrected chi connectivity index (χ0v) is 13.6. The summed E-state index contributed by atoms with van der Waals surface area (Å²) in [7, 11) is 0. The van der Waals surface area contributed by atoms with E-state index in [2.05, 4.69) is 36.5 Å². The minimum atomic E-state index is -0.279. The van der Waals surface area contributed by atoms with Crippen molar-refractivity contribution in [3.63, 3.8) is 0 Å². The number of rotatable bonds is 7. The zero-order valence-electron chi connectivity index (χ0n) is 13.6. The Balaban J connectivity index is 1.94. The maximum absolute atomic E-state index is 9.27. The molecule has 0 aliphatic carbocycles. The van der Waals surface area contributed by atoms with Gasteiger partial charge in [0.1, 0.15) is 12.4 Å². The maximum Gasteiger partial charge on any atom is 0.120 e. The van der Waals surface area contributed by atoms with Gasteiger partial charge >= 0.3 is 0 Å². The van der Waals surface area contributed by atoms with Crippen LogP contribution < -0.4 is 10.1 Å². The second kappa shape index (κ2) is 7.43. The summed E-state index contributed by atoms with van der Waals surface area (Å²) < 4.78 is 5.87. The topological polar surface area (TPSA) is 41.5 Å². The Bertz CT molecular complexity index is 608. The fourth-order valence-electron chi connectivity index (χ4n) is 2.11. The normalized spacial score (nSPS) is 11.5. The van der Waals surface area contributed by atoms with Crippen LogP contribution in [-0.2, 0) is 13.2 Å². The fraction of sp³-hybridized carbons (Fsp3) is 0.368. The van der Waals surface area contributed by atoms with Crippen LogP contribution in [0.3, 0.4) is 0 Å². The van der Waals surface area contributed by atoms with E-state index in [0.717, 1.165) is 11.3 Å². The Morgan fingerprint density at radius 2 is 1.77 bits per heavy atom. The van der Waals surface area contributed by atoms with E-state index in [0.29, 0.717) is 13.2 Å². The molecule has 0 unspecified atom stereocenters. The van der Waals surface area contributed by atoms with E-state index in [1.807, 2.05) is 38.1 Å². The molecular formula is C19H25NO2. The molecule has 0 fully saturated rings. The lowest BCUT2D eigenvalue weighted by Crippen LogP contribution is -2.42. The molecule has 2 rings (SSSR count). The van der Waals surface area contributed by atoms with E-state index in [1.54, 1.807) is 0 Å². The average molecular weight is 299 g/mol. The van der Waals surface area contributed by atoms with Crippen LogP contribution in [0.1, 0.15) is 30.5 Å². The van der Waals surface area contributed by atoms with Gasteiger partial charge in [0.2, 0.25) is 0 Å². The summed E-state index contributed by atoms with van der Waals surface area (Å²) in [5.74, 6) is 0.864. The number of aryl methyl sites for hydroxylation is 1. The van der Waals surface area contributed by atoms with Crippen molar-refractivity contribution >= 4 is 0 Å². The van der Waals surface area contributed by atoms with E-state index >= 15 is 0 Å². The Hall–Kier alpha value is -1.84. The highest BCUT2D eigenvalue weighted by Crippen LogP contribution is 2.16. The first kappa shape index (κ1) is 16.5. The molecule has 0 heterocycles. The quantitative estimate of drug-likeness (QED) is 0.823. The minimum Gasteiger partial charge on any atom is -0.489 e. The predicted octanol–water partition coefficient (Wildman–Crippen LogP) is 3.43. The van der Waals surface area contributed by atoms with Crippen molar-refractivity contribution in [3.8, 4) is 5.75 Å². The van der Waals surface area contributed by atoms with Gasteiger partial charge in [-0.25, -0.2) is 0 Å². The smallest absolute Gasteiger partial charge is 0.120 e. The van der Waals surface area contributed by atoms with Gasteiger partial charge < -0.3 is 15.2 Å². The Morgan fingerprint density at radius 1 is 1.05 bits per heavy atom. The summed E-state index contributed by atoms with van der Waals surface area (Å²) in [6, 6.07) is 16.4. The molecule has 2 N–H and O–H groups in total. The van der Waals surface area contributed by atoms with Crippen LogP contribution in [0.15, 0.2) is 48.5 Å². The average Bonchev–Trinajstić information content (AvgIpc) is 2.52. The van der Waals surface area contributed by atoms with E-state index in [9.17, 15) is 5.11 Å². The Kier molecular flexibility index (Phi) is 5.58. The molecule has 0 amide bonds. The van der Waals surface area contributed by atoms with Gasteiger partial charge in [-0.2, -0.15) is 0 Å². The molecule has 0 saturated carbocycles. The van der Waals surface area contributed by atoms with Crippen molar-refractivity contribution in [2.75, 3.05) is 6.61 Å². The summed E-state index contributed by atoms with van der Waals surface area (Å²) in [4.78, 5) is 0. The highest BCUT2D eigenvalue weighted by molar-refractivity contribution is 5.29. The zero-order chi connectivity index (χ0) is 16.0. The molecule has 2 aromatic carbocycles. The molecule has 118 valence electrons. The number of hydrogen-bond acceptors (Lipinski definition) is 3. The van der Waals surface area contributed by atoms with Crippen LogP contribution >= 0.6 is 0 Å². The minimum absolute atomic E-state index is 0.108. The van der Waals surface area contributed by atoms with E-state index in [-0.39, 0.29) is 12.1 Å². The highest BCUT2D eigenvalue weighted by atomic mass is 16.5. The monoisotopic (exact) mass is 299 g/mol. The largest absolute Gasteiger partial charge is 0.489 e. The standard InChI is InChI=1S/C19H25NO2/c1-15-6-4-8-17(10-15)13-22-18-9-5-7-16(11-18)12-20-19(2,3)14-21/h4-11,20-21H,12-14H2,1-3H3. The van der Waals surface area contributed by atoms with Crippen molar-refractivity contribution in [1.82, 2.24) is 5.32 Å². The summed E-state index contributed by atoms with van der Waals surface area (Å²) >= 11 is 0. The van der Waals surface area contributed by atoms with Crippen LogP contribution in [0, 0.1) is 6.92 Å². The van der Waals surface area contributed by atoms with E-state index < -0.39 is 0 Å². The van der Waals surface area contributed by atoms with Crippen LogP contribution in [0.4, 0.5) is 0 Å². The van der Waals surface area contributed by atoms with Crippen molar-refractivity contribution in [1.29, 1.82) is 0 Å². The van der Waals surface area contributed by atoms with Crippen LogP contribution in [-0.4, -0.2) is 17.3 Å². The van der Waals surface area contributed by atoms with Crippen LogP contribution in [0.2, 0.25) is 0 Å². The van der Waals surface area contributed by atoms with Gasteiger partial charge in [0.15, 0.2) is 0 Å².